The first-order chi connectivity index (χ1) is 7.78. The van der Waals surface area contributed by atoms with E-state index >= 15 is 0 Å². The lowest BCUT2D eigenvalue weighted by atomic mass is 9.85. The van der Waals surface area contributed by atoms with Crippen molar-refractivity contribution in [1.29, 1.82) is 0 Å². The van der Waals surface area contributed by atoms with Gasteiger partial charge in [0, 0.05) is 17.3 Å². The van der Waals surface area contributed by atoms with E-state index < -0.39 is 0 Å². The molecule has 0 bridgehead atoms. The minimum absolute atomic E-state index is 0.191. The van der Waals surface area contributed by atoms with Crippen molar-refractivity contribution in [1.82, 2.24) is 4.31 Å². The molecular weight excluding hydrogens is 238 g/mol. The Kier molecular flexibility index (Phi) is 3.83. The lowest BCUT2D eigenvalue weighted by Gasteiger charge is -2.36. The second kappa shape index (κ2) is 4.99. The Hall–Kier alpha value is -0.180. The summed E-state index contributed by atoms with van der Waals surface area (Å²) in [6.07, 6.45) is 2.29. The zero-order valence-corrected chi connectivity index (χ0v) is 11.4. The fourth-order valence-electron chi connectivity index (χ4n) is 2.59. The van der Waals surface area contributed by atoms with Crippen molar-refractivity contribution in [2.45, 2.75) is 37.1 Å². The molecule has 1 aromatic carbocycles. The second-order valence-corrected chi connectivity index (χ2v) is 5.56. The fourth-order valence-corrected chi connectivity index (χ4v) is 4.31. The monoisotopic (exact) mass is 255 g/mol. The summed E-state index contributed by atoms with van der Waals surface area (Å²) in [5.41, 5.74) is 1.67. The molecule has 0 unspecified atom stereocenters. The van der Waals surface area contributed by atoms with Gasteiger partial charge in [0.1, 0.15) is 0 Å². The molecule has 16 heavy (non-hydrogen) atoms. The summed E-state index contributed by atoms with van der Waals surface area (Å²) >= 11 is 7.78. The summed E-state index contributed by atoms with van der Waals surface area (Å²) in [6, 6.07) is 8.74. The molecule has 88 valence electrons. The highest BCUT2D eigenvalue weighted by Crippen LogP contribution is 2.51. The Bertz CT molecular complexity index is 363. The van der Waals surface area contributed by atoms with E-state index in [9.17, 15) is 0 Å². The number of hydrogen-bond acceptors (Lipinski definition) is 2. The molecule has 0 radical (unpaired) electrons. The lowest BCUT2D eigenvalue weighted by molar-refractivity contribution is 0.203. The zero-order chi connectivity index (χ0) is 11.6. The maximum atomic E-state index is 5.91. The highest BCUT2D eigenvalue weighted by Gasteiger charge is 2.42. The van der Waals surface area contributed by atoms with Gasteiger partial charge in [-0.25, -0.2) is 4.31 Å². The van der Waals surface area contributed by atoms with E-state index in [2.05, 4.69) is 42.4 Å². The van der Waals surface area contributed by atoms with E-state index in [-0.39, 0.29) is 5.54 Å². The topological polar surface area (TPSA) is 3.24 Å². The van der Waals surface area contributed by atoms with Crippen LogP contribution in [0.15, 0.2) is 29.2 Å². The maximum Gasteiger partial charge on any atom is 0.0571 e. The molecule has 3 heteroatoms. The van der Waals surface area contributed by atoms with Crippen LogP contribution in [0.1, 0.15) is 32.3 Å². The van der Waals surface area contributed by atoms with Crippen molar-refractivity contribution in [3.63, 3.8) is 0 Å². The summed E-state index contributed by atoms with van der Waals surface area (Å²) in [4.78, 5) is 1.40. The second-order valence-electron chi connectivity index (χ2n) is 4.12. The molecule has 1 aliphatic rings. The Balaban J connectivity index is 2.43. The van der Waals surface area contributed by atoms with E-state index in [1.165, 1.54) is 10.5 Å². The summed E-state index contributed by atoms with van der Waals surface area (Å²) in [5.74, 6) is 0.697. The molecule has 1 aliphatic heterocycles. The molecular formula is C13H18ClNS. The third-order valence-electron chi connectivity index (χ3n) is 3.53. The zero-order valence-electron chi connectivity index (χ0n) is 9.87. The van der Waals surface area contributed by atoms with Crippen molar-refractivity contribution in [2.24, 2.45) is 0 Å². The molecule has 0 spiro atoms. The Labute approximate surface area is 107 Å². The molecule has 0 saturated carbocycles. The number of fused-ring (bicyclic) bond motifs is 1. The van der Waals surface area contributed by atoms with E-state index in [0.29, 0.717) is 5.88 Å². The van der Waals surface area contributed by atoms with Gasteiger partial charge in [-0.1, -0.05) is 32.0 Å². The van der Waals surface area contributed by atoms with Crippen molar-refractivity contribution in [3.05, 3.63) is 29.8 Å². The van der Waals surface area contributed by atoms with Crippen LogP contribution in [0, 0.1) is 0 Å². The van der Waals surface area contributed by atoms with E-state index in [4.69, 9.17) is 11.6 Å². The van der Waals surface area contributed by atoms with E-state index in [1.807, 2.05) is 11.9 Å². The van der Waals surface area contributed by atoms with E-state index in [0.717, 1.165) is 19.4 Å². The first-order valence-corrected chi connectivity index (χ1v) is 7.20. The molecule has 0 amide bonds. The largest absolute Gasteiger partial charge is 0.235 e. The molecule has 1 aromatic rings. The van der Waals surface area contributed by atoms with Gasteiger partial charge >= 0.3 is 0 Å². The predicted molar refractivity (Wildman–Crippen MR) is 72.0 cm³/mol. The van der Waals surface area contributed by atoms with Gasteiger partial charge in [0.05, 0.1) is 5.54 Å². The maximum absolute atomic E-state index is 5.91. The highest BCUT2D eigenvalue weighted by atomic mass is 35.5. The van der Waals surface area contributed by atoms with Gasteiger partial charge in [0.15, 0.2) is 0 Å². The number of rotatable bonds is 4. The molecule has 0 atom stereocenters. The SMILES string of the molecule is CCC1(CC)c2ccccc2SN1CCCl. The van der Waals surface area contributed by atoms with Gasteiger partial charge in [-0.05, 0) is 36.4 Å². The Morgan fingerprint density at radius 1 is 1.25 bits per heavy atom. The molecule has 1 nitrogen and oxygen atoms in total. The van der Waals surface area contributed by atoms with Crippen molar-refractivity contribution >= 4 is 23.5 Å². The van der Waals surface area contributed by atoms with Crippen molar-refractivity contribution in [3.8, 4) is 0 Å². The predicted octanol–water partition coefficient (Wildman–Crippen LogP) is 4.26. The molecule has 0 saturated heterocycles. The molecule has 0 N–H and O–H groups in total. The van der Waals surface area contributed by atoms with Crippen LogP contribution in [0.5, 0.6) is 0 Å². The Morgan fingerprint density at radius 3 is 2.56 bits per heavy atom. The molecule has 2 rings (SSSR count). The summed E-state index contributed by atoms with van der Waals surface area (Å²) in [5, 5.41) is 0. The Morgan fingerprint density at radius 2 is 1.94 bits per heavy atom. The van der Waals surface area contributed by atoms with Crippen LogP contribution >= 0.6 is 23.5 Å². The number of nitrogens with zero attached hydrogens (tertiary/aromatic N) is 1. The summed E-state index contributed by atoms with van der Waals surface area (Å²) < 4.78 is 2.46. The average molecular weight is 256 g/mol. The van der Waals surface area contributed by atoms with Crippen LogP contribution in [0.3, 0.4) is 0 Å². The summed E-state index contributed by atoms with van der Waals surface area (Å²) in [7, 11) is 0. The van der Waals surface area contributed by atoms with Crippen LogP contribution in [0.2, 0.25) is 0 Å². The quantitative estimate of drug-likeness (QED) is 0.584. The molecule has 0 aliphatic carbocycles. The van der Waals surface area contributed by atoms with Gasteiger partial charge < -0.3 is 0 Å². The van der Waals surface area contributed by atoms with Crippen molar-refractivity contribution < 1.29 is 0 Å². The van der Waals surface area contributed by atoms with E-state index in [1.54, 1.807) is 0 Å². The molecule has 0 aromatic heterocycles. The lowest BCUT2D eigenvalue weighted by Crippen LogP contribution is -2.38. The normalized spacial score (nSPS) is 18.7. The van der Waals surface area contributed by atoms with Gasteiger partial charge in [0.25, 0.3) is 0 Å². The van der Waals surface area contributed by atoms with Crippen LogP contribution < -0.4 is 0 Å². The van der Waals surface area contributed by atoms with Gasteiger partial charge in [0.2, 0.25) is 0 Å². The number of alkyl halides is 1. The van der Waals surface area contributed by atoms with Gasteiger partial charge in [-0.3, -0.25) is 0 Å². The smallest absolute Gasteiger partial charge is 0.0571 e. The average Bonchev–Trinajstić information content (AvgIpc) is 2.64. The minimum Gasteiger partial charge on any atom is -0.235 e. The van der Waals surface area contributed by atoms with Crippen LogP contribution in [-0.2, 0) is 5.54 Å². The number of halogens is 1. The standard InChI is InChI=1S/C13H18ClNS/c1-3-13(4-2)11-7-5-6-8-12(11)16-15(13)10-9-14/h5-8H,3-4,9-10H2,1-2H3. The van der Waals surface area contributed by atoms with Gasteiger partial charge in [-0.2, -0.15) is 0 Å². The van der Waals surface area contributed by atoms with Crippen molar-refractivity contribution in [2.75, 3.05) is 12.4 Å². The third kappa shape index (κ3) is 1.77. The first kappa shape index (κ1) is 12.3. The number of benzene rings is 1. The van der Waals surface area contributed by atoms with Gasteiger partial charge in [-0.15, -0.1) is 11.6 Å². The highest BCUT2D eigenvalue weighted by molar-refractivity contribution is 7.97. The van der Waals surface area contributed by atoms with Crippen LogP contribution in [-0.4, -0.2) is 16.7 Å². The third-order valence-corrected chi connectivity index (χ3v) is 5.01. The number of hydrogen-bond donors (Lipinski definition) is 0. The first-order valence-electron chi connectivity index (χ1n) is 5.89. The molecule has 0 fully saturated rings. The molecule has 1 heterocycles. The van der Waals surface area contributed by atoms with Crippen LogP contribution in [0.4, 0.5) is 0 Å². The van der Waals surface area contributed by atoms with Crippen LogP contribution in [0.25, 0.3) is 0 Å². The fraction of sp³-hybridized carbons (Fsp3) is 0.538. The summed E-state index contributed by atoms with van der Waals surface area (Å²) in [6.45, 7) is 5.49. The minimum atomic E-state index is 0.191.